The fraction of sp³-hybridized carbons (Fsp3) is 0.318. The van der Waals surface area contributed by atoms with E-state index in [2.05, 4.69) is 51.3 Å². The number of amidine groups is 1. The molecule has 2 aliphatic heterocycles. The van der Waals surface area contributed by atoms with E-state index in [-0.39, 0.29) is 5.91 Å². The summed E-state index contributed by atoms with van der Waals surface area (Å²) in [7, 11) is 0. The van der Waals surface area contributed by atoms with Gasteiger partial charge in [-0.1, -0.05) is 54.1 Å². The van der Waals surface area contributed by atoms with Crippen molar-refractivity contribution in [3.63, 3.8) is 0 Å². The van der Waals surface area contributed by atoms with Gasteiger partial charge >= 0.3 is 0 Å². The van der Waals surface area contributed by atoms with Crippen LogP contribution in [0.15, 0.2) is 69.7 Å². The third-order valence-corrected chi connectivity index (χ3v) is 5.50. The molecule has 1 atom stereocenters. The number of carbonyl (C=O) groups excluding carboxylic acids is 1. The molecule has 0 bridgehead atoms. The van der Waals surface area contributed by atoms with Gasteiger partial charge in [-0.2, -0.15) is 4.99 Å². The first kappa shape index (κ1) is 18.1. The summed E-state index contributed by atoms with van der Waals surface area (Å²) in [5.74, 6) is -0.0714. The smallest absolute Gasteiger partial charge is 0.261 e. The fourth-order valence-electron chi connectivity index (χ4n) is 3.69. The van der Waals surface area contributed by atoms with Gasteiger partial charge in [-0.15, -0.1) is 0 Å². The number of allylic oxidation sites excluding steroid dienone is 3. The van der Waals surface area contributed by atoms with Gasteiger partial charge in [0, 0.05) is 24.5 Å². The Kier molecular flexibility index (Phi) is 5.46. The van der Waals surface area contributed by atoms with E-state index in [4.69, 9.17) is 11.6 Å². The number of hydrogen-bond acceptors (Lipinski definition) is 3. The van der Waals surface area contributed by atoms with Crippen LogP contribution < -0.4 is 0 Å². The minimum atomic E-state index is -0.496. The van der Waals surface area contributed by atoms with Gasteiger partial charge in [0.2, 0.25) is 0 Å². The molecular formula is C22H22ClN3O. The summed E-state index contributed by atoms with van der Waals surface area (Å²) in [5, 5.41) is 0.498. The van der Waals surface area contributed by atoms with Crippen LogP contribution >= 0.6 is 11.6 Å². The Labute approximate surface area is 164 Å². The number of fused-ring (bicyclic) bond motifs is 1. The molecule has 1 unspecified atom stereocenters. The Balaban J connectivity index is 1.29. The SMILES string of the molecule is O=C1N=C(CCCN2CC=C(c3ccccc3)CC2)N=C2C=CC=C(Cl)C12. The second kappa shape index (κ2) is 8.15. The van der Waals surface area contributed by atoms with Crippen LogP contribution in [0.3, 0.4) is 0 Å². The Morgan fingerprint density at radius 3 is 2.81 bits per heavy atom. The molecule has 0 aromatic heterocycles. The van der Waals surface area contributed by atoms with Gasteiger partial charge in [-0.25, -0.2) is 4.99 Å². The van der Waals surface area contributed by atoms with E-state index in [0.29, 0.717) is 23.0 Å². The summed E-state index contributed by atoms with van der Waals surface area (Å²) in [4.78, 5) is 23.4. The predicted molar refractivity (Wildman–Crippen MR) is 111 cm³/mol. The van der Waals surface area contributed by atoms with Crippen LogP contribution in [0.25, 0.3) is 5.57 Å². The van der Waals surface area contributed by atoms with Crippen LogP contribution in [0.4, 0.5) is 0 Å². The summed E-state index contributed by atoms with van der Waals surface area (Å²) in [6.07, 6.45) is 10.5. The van der Waals surface area contributed by atoms with E-state index in [1.165, 1.54) is 11.1 Å². The van der Waals surface area contributed by atoms with Gasteiger partial charge in [0.15, 0.2) is 0 Å². The fourth-order valence-corrected chi connectivity index (χ4v) is 3.96. The van der Waals surface area contributed by atoms with Crippen LogP contribution in [0, 0.1) is 5.92 Å². The standard InChI is InChI=1S/C22H22ClN3O/c23-18-8-4-9-19-21(18)22(27)25-20(24-19)10-5-13-26-14-11-17(12-15-26)16-6-2-1-3-7-16/h1-4,6-9,11,21H,5,10,12-15H2. The molecule has 4 rings (SSSR count). The molecule has 1 aromatic carbocycles. The van der Waals surface area contributed by atoms with Gasteiger partial charge in [0.05, 0.1) is 5.71 Å². The lowest BCUT2D eigenvalue weighted by molar-refractivity contribution is -0.118. The van der Waals surface area contributed by atoms with Crippen LogP contribution in [-0.2, 0) is 4.79 Å². The van der Waals surface area contributed by atoms with Crippen LogP contribution in [0.1, 0.15) is 24.8 Å². The first-order chi connectivity index (χ1) is 13.2. The maximum atomic E-state index is 12.2. The molecule has 27 heavy (non-hydrogen) atoms. The van der Waals surface area contributed by atoms with E-state index in [1.807, 2.05) is 12.2 Å². The van der Waals surface area contributed by atoms with Crippen molar-refractivity contribution in [1.29, 1.82) is 0 Å². The Hall–Kier alpha value is -2.30. The first-order valence-corrected chi connectivity index (χ1v) is 9.79. The monoisotopic (exact) mass is 379 g/mol. The van der Waals surface area contributed by atoms with Crippen molar-refractivity contribution in [3.8, 4) is 0 Å². The van der Waals surface area contributed by atoms with Crippen molar-refractivity contribution < 1.29 is 4.79 Å². The highest BCUT2D eigenvalue weighted by molar-refractivity contribution is 6.37. The summed E-state index contributed by atoms with van der Waals surface area (Å²) in [6, 6.07) is 10.6. The Morgan fingerprint density at radius 1 is 1.19 bits per heavy atom. The zero-order valence-electron chi connectivity index (χ0n) is 15.1. The number of benzene rings is 1. The maximum absolute atomic E-state index is 12.2. The van der Waals surface area contributed by atoms with Crippen LogP contribution in [0.2, 0.25) is 0 Å². The summed E-state index contributed by atoms with van der Waals surface area (Å²) >= 11 is 6.12. The third kappa shape index (κ3) is 4.18. The molecule has 0 saturated heterocycles. The molecular weight excluding hydrogens is 358 g/mol. The van der Waals surface area contributed by atoms with Gasteiger partial charge < -0.3 is 0 Å². The highest BCUT2D eigenvalue weighted by atomic mass is 35.5. The highest BCUT2D eigenvalue weighted by Crippen LogP contribution is 2.27. The molecule has 0 radical (unpaired) electrons. The topological polar surface area (TPSA) is 45.0 Å². The minimum absolute atomic E-state index is 0.200. The Morgan fingerprint density at radius 2 is 2.04 bits per heavy atom. The van der Waals surface area contributed by atoms with Crippen molar-refractivity contribution in [2.24, 2.45) is 15.9 Å². The first-order valence-electron chi connectivity index (χ1n) is 9.41. The van der Waals surface area contributed by atoms with Crippen molar-refractivity contribution in [3.05, 3.63) is 65.2 Å². The van der Waals surface area contributed by atoms with Gasteiger partial charge in [0.25, 0.3) is 5.91 Å². The molecule has 0 spiro atoms. The third-order valence-electron chi connectivity index (χ3n) is 5.15. The molecule has 0 N–H and O–H groups in total. The number of amides is 1. The molecule has 1 amide bonds. The summed E-state index contributed by atoms with van der Waals surface area (Å²) < 4.78 is 0. The van der Waals surface area contributed by atoms with Crippen molar-refractivity contribution in [2.75, 3.05) is 19.6 Å². The molecule has 3 aliphatic rings. The molecule has 138 valence electrons. The molecule has 2 heterocycles. The average Bonchev–Trinajstić information content (AvgIpc) is 2.69. The predicted octanol–water partition coefficient (Wildman–Crippen LogP) is 4.24. The summed E-state index contributed by atoms with van der Waals surface area (Å²) in [5.41, 5.74) is 3.47. The number of aliphatic imine (C=N–C) groups is 2. The van der Waals surface area contributed by atoms with E-state index >= 15 is 0 Å². The molecule has 4 nitrogen and oxygen atoms in total. The molecule has 5 heteroatoms. The van der Waals surface area contributed by atoms with Crippen molar-refractivity contribution in [2.45, 2.75) is 19.3 Å². The largest absolute Gasteiger partial charge is 0.299 e. The number of carbonyl (C=O) groups is 1. The van der Waals surface area contributed by atoms with E-state index in [1.54, 1.807) is 6.08 Å². The highest BCUT2D eigenvalue weighted by Gasteiger charge is 2.31. The average molecular weight is 380 g/mol. The molecule has 1 aromatic rings. The van der Waals surface area contributed by atoms with E-state index in [9.17, 15) is 4.79 Å². The number of nitrogens with zero attached hydrogens (tertiary/aromatic N) is 3. The van der Waals surface area contributed by atoms with Crippen molar-refractivity contribution in [1.82, 2.24) is 4.90 Å². The summed E-state index contributed by atoms with van der Waals surface area (Å²) in [6.45, 7) is 3.01. The second-order valence-corrected chi connectivity index (χ2v) is 7.43. The second-order valence-electron chi connectivity index (χ2n) is 7.00. The number of rotatable bonds is 5. The lowest BCUT2D eigenvalue weighted by Crippen LogP contribution is -2.31. The van der Waals surface area contributed by atoms with Gasteiger partial charge in [-0.05, 0) is 42.7 Å². The minimum Gasteiger partial charge on any atom is -0.299 e. The molecule has 1 aliphatic carbocycles. The van der Waals surface area contributed by atoms with Crippen LogP contribution in [0.5, 0.6) is 0 Å². The van der Waals surface area contributed by atoms with E-state index < -0.39 is 5.92 Å². The number of halogens is 1. The Bertz CT molecular complexity index is 880. The lowest BCUT2D eigenvalue weighted by Gasteiger charge is -2.26. The zero-order chi connectivity index (χ0) is 18.6. The molecule has 0 saturated carbocycles. The maximum Gasteiger partial charge on any atom is 0.261 e. The van der Waals surface area contributed by atoms with Gasteiger partial charge in [0.1, 0.15) is 11.8 Å². The number of hydrogen-bond donors (Lipinski definition) is 0. The lowest BCUT2D eigenvalue weighted by atomic mass is 9.96. The normalized spacial score (nSPS) is 22.6. The van der Waals surface area contributed by atoms with Crippen molar-refractivity contribution >= 4 is 34.6 Å². The van der Waals surface area contributed by atoms with Crippen LogP contribution in [-0.4, -0.2) is 42.0 Å². The van der Waals surface area contributed by atoms with E-state index in [0.717, 1.165) is 32.5 Å². The molecule has 0 fully saturated rings. The zero-order valence-corrected chi connectivity index (χ0v) is 15.9. The van der Waals surface area contributed by atoms with Gasteiger partial charge in [-0.3, -0.25) is 9.69 Å². The quantitative estimate of drug-likeness (QED) is 0.767.